The molecule has 0 amide bonds. The Morgan fingerprint density at radius 2 is 1.62 bits per heavy atom. The van der Waals surface area contributed by atoms with Crippen LogP contribution in [-0.4, -0.2) is 0 Å². The van der Waals surface area contributed by atoms with E-state index < -0.39 is 0 Å². The zero-order chi connectivity index (χ0) is 17.8. The molecule has 0 radical (unpaired) electrons. The van der Waals surface area contributed by atoms with E-state index in [0.717, 1.165) is 26.3 Å². The monoisotopic (exact) mass is 353 g/mol. The van der Waals surface area contributed by atoms with Crippen LogP contribution >= 0.6 is 11.8 Å². The van der Waals surface area contributed by atoms with Gasteiger partial charge in [-0.15, -0.1) is 0 Å². The van der Waals surface area contributed by atoms with Crippen molar-refractivity contribution in [2.75, 3.05) is 0 Å². The van der Waals surface area contributed by atoms with Crippen molar-refractivity contribution in [1.82, 2.24) is 0 Å². The van der Waals surface area contributed by atoms with Gasteiger partial charge in [0.2, 0.25) is 0 Å². The van der Waals surface area contributed by atoms with Gasteiger partial charge in [-0.1, -0.05) is 72.4 Å². The van der Waals surface area contributed by atoms with Crippen LogP contribution in [0, 0.1) is 11.3 Å². The number of allylic oxidation sites excluding steroid dienone is 1. The van der Waals surface area contributed by atoms with E-state index in [-0.39, 0.29) is 0 Å². The Balaban J connectivity index is 1.67. The highest BCUT2D eigenvalue weighted by Gasteiger charge is 2.08. The minimum absolute atomic E-state index is 0.590. The maximum Gasteiger partial charge on any atom is 0.165 e. The van der Waals surface area contributed by atoms with Crippen LogP contribution in [0.25, 0.3) is 22.4 Å². The topological polar surface area (TPSA) is 36.9 Å². The van der Waals surface area contributed by atoms with Crippen LogP contribution in [0.1, 0.15) is 11.3 Å². The summed E-state index contributed by atoms with van der Waals surface area (Å²) >= 11 is 1.56. The van der Waals surface area contributed by atoms with Gasteiger partial charge in [0.15, 0.2) is 5.09 Å². The molecule has 0 aliphatic carbocycles. The average Bonchev–Trinajstić information content (AvgIpc) is 3.13. The van der Waals surface area contributed by atoms with Gasteiger partial charge in [-0.3, -0.25) is 0 Å². The Bertz CT molecular complexity index is 1110. The van der Waals surface area contributed by atoms with E-state index in [1.165, 1.54) is 0 Å². The van der Waals surface area contributed by atoms with Gasteiger partial charge in [0.1, 0.15) is 5.76 Å². The first kappa shape index (κ1) is 16.3. The molecule has 0 atom stereocenters. The van der Waals surface area contributed by atoms with Crippen LogP contribution in [0.3, 0.4) is 0 Å². The van der Waals surface area contributed by atoms with Gasteiger partial charge < -0.3 is 4.42 Å². The van der Waals surface area contributed by atoms with E-state index in [1.807, 2.05) is 72.8 Å². The Hall–Kier alpha value is -3.22. The molecule has 0 saturated carbocycles. The molecule has 3 aromatic carbocycles. The SMILES string of the molecule is N#C/C(=C\c1ccc(Sc2ccccc2)o1)c1cccc2ccccc12. The quantitative estimate of drug-likeness (QED) is 0.385. The van der Waals surface area contributed by atoms with Gasteiger partial charge in [0.05, 0.1) is 11.6 Å². The highest BCUT2D eigenvalue weighted by atomic mass is 32.2. The minimum atomic E-state index is 0.590. The Morgan fingerprint density at radius 3 is 2.46 bits per heavy atom. The molecule has 0 unspecified atom stereocenters. The van der Waals surface area contributed by atoms with E-state index in [2.05, 4.69) is 18.2 Å². The second kappa shape index (κ2) is 7.35. The summed E-state index contributed by atoms with van der Waals surface area (Å²) in [4.78, 5) is 1.12. The number of benzene rings is 3. The second-order valence-corrected chi connectivity index (χ2v) is 6.85. The summed E-state index contributed by atoms with van der Waals surface area (Å²) in [7, 11) is 0. The highest BCUT2D eigenvalue weighted by molar-refractivity contribution is 7.99. The molecular formula is C23H15NOS. The molecule has 0 aliphatic rings. The van der Waals surface area contributed by atoms with E-state index in [1.54, 1.807) is 17.8 Å². The largest absolute Gasteiger partial charge is 0.450 e. The molecule has 26 heavy (non-hydrogen) atoms. The maximum atomic E-state index is 9.68. The Morgan fingerprint density at radius 1 is 0.846 bits per heavy atom. The van der Waals surface area contributed by atoms with E-state index in [9.17, 15) is 5.26 Å². The molecule has 0 spiro atoms. The molecule has 3 heteroatoms. The molecule has 0 saturated heterocycles. The first-order valence-corrected chi connectivity index (χ1v) is 9.08. The summed E-state index contributed by atoms with van der Waals surface area (Å²) in [6.07, 6.45) is 1.80. The molecule has 1 aromatic heterocycles. The van der Waals surface area contributed by atoms with Gasteiger partial charge in [-0.25, -0.2) is 0 Å². The van der Waals surface area contributed by atoms with Crippen LogP contribution < -0.4 is 0 Å². The van der Waals surface area contributed by atoms with Crippen molar-refractivity contribution in [3.63, 3.8) is 0 Å². The summed E-state index contributed by atoms with van der Waals surface area (Å²) in [6, 6.07) is 30.3. The zero-order valence-electron chi connectivity index (χ0n) is 13.9. The standard InChI is InChI=1S/C23H15NOS/c24-16-18(22-12-6-8-17-7-4-5-11-21(17)22)15-19-13-14-23(25-19)26-20-9-2-1-3-10-20/h1-15H/b18-15+. The molecule has 4 aromatic rings. The van der Waals surface area contributed by atoms with E-state index in [0.29, 0.717) is 11.3 Å². The molecular weight excluding hydrogens is 338 g/mol. The first-order valence-electron chi connectivity index (χ1n) is 8.26. The van der Waals surface area contributed by atoms with Crippen LogP contribution in [0.2, 0.25) is 0 Å². The number of hydrogen-bond donors (Lipinski definition) is 0. The number of furan rings is 1. The highest BCUT2D eigenvalue weighted by Crippen LogP contribution is 2.31. The molecule has 0 bridgehead atoms. The van der Waals surface area contributed by atoms with Crippen molar-refractivity contribution in [2.45, 2.75) is 9.99 Å². The lowest BCUT2D eigenvalue weighted by molar-refractivity contribution is 0.466. The fourth-order valence-corrected chi connectivity index (χ4v) is 3.64. The predicted molar refractivity (Wildman–Crippen MR) is 107 cm³/mol. The Labute approximate surface area is 156 Å². The molecule has 124 valence electrons. The smallest absolute Gasteiger partial charge is 0.165 e. The zero-order valence-corrected chi connectivity index (χ0v) is 14.7. The van der Waals surface area contributed by atoms with Gasteiger partial charge in [0, 0.05) is 10.5 Å². The first-order chi connectivity index (χ1) is 12.8. The second-order valence-electron chi connectivity index (χ2n) is 5.77. The lowest BCUT2D eigenvalue weighted by Gasteiger charge is -2.04. The van der Waals surface area contributed by atoms with Gasteiger partial charge in [-0.05, 0) is 41.1 Å². The third-order valence-electron chi connectivity index (χ3n) is 4.05. The van der Waals surface area contributed by atoms with E-state index in [4.69, 9.17) is 4.42 Å². The molecule has 1 heterocycles. The van der Waals surface area contributed by atoms with Crippen LogP contribution in [0.15, 0.2) is 99.3 Å². The number of nitrogens with zero attached hydrogens (tertiary/aromatic N) is 1. The fraction of sp³-hybridized carbons (Fsp3) is 0. The molecule has 0 aliphatic heterocycles. The van der Waals surface area contributed by atoms with Gasteiger partial charge in [0.25, 0.3) is 0 Å². The summed E-state index contributed by atoms with van der Waals surface area (Å²) in [5.74, 6) is 0.674. The predicted octanol–water partition coefficient (Wildman–Crippen LogP) is 6.65. The number of hydrogen-bond acceptors (Lipinski definition) is 3. The Kier molecular flexibility index (Phi) is 4.59. The van der Waals surface area contributed by atoms with E-state index >= 15 is 0 Å². The summed E-state index contributed by atoms with van der Waals surface area (Å²) in [5.41, 5.74) is 1.51. The average molecular weight is 353 g/mol. The number of fused-ring (bicyclic) bond motifs is 1. The lowest BCUT2D eigenvalue weighted by Crippen LogP contribution is -1.84. The molecule has 0 fully saturated rings. The number of nitriles is 1. The van der Waals surface area contributed by atoms with Crippen molar-refractivity contribution in [1.29, 1.82) is 5.26 Å². The third-order valence-corrected chi connectivity index (χ3v) is 4.98. The minimum Gasteiger partial charge on any atom is -0.450 e. The van der Waals surface area contributed by atoms with Crippen molar-refractivity contribution in [3.05, 3.63) is 96.3 Å². The van der Waals surface area contributed by atoms with Crippen molar-refractivity contribution < 1.29 is 4.42 Å². The van der Waals surface area contributed by atoms with Crippen LogP contribution in [0.5, 0.6) is 0 Å². The molecule has 4 rings (SSSR count). The van der Waals surface area contributed by atoms with Gasteiger partial charge in [-0.2, -0.15) is 5.26 Å². The fourth-order valence-electron chi connectivity index (χ4n) is 2.84. The van der Waals surface area contributed by atoms with Gasteiger partial charge >= 0.3 is 0 Å². The lowest BCUT2D eigenvalue weighted by atomic mass is 9.98. The van der Waals surface area contributed by atoms with Crippen LogP contribution in [0.4, 0.5) is 0 Å². The summed E-state index contributed by atoms with van der Waals surface area (Å²) in [5, 5.41) is 12.7. The maximum absolute atomic E-state index is 9.68. The number of rotatable bonds is 4. The van der Waals surface area contributed by atoms with Crippen molar-refractivity contribution in [3.8, 4) is 6.07 Å². The van der Waals surface area contributed by atoms with Crippen molar-refractivity contribution in [2.24, 2.45) is 0 Å². The third kappa shape index (κ3) is 3.42. The van der Waals surface area contributed by atoms with Crippen LogP contribution in [-0.2, 0) is 0 Å². The summed E-state index contributed by atoms with van der Waals surface area (Å²) < 4.78 is 5.89. The molecule has 0 N–H and O–H groups in total. The normalized spacial score (nSPS) is 11.4. The molecule has 2 nitrogen and oxygen atoms in total. The summed E-state index contributed by atoms with van der Waals surface area (Å²) in [6.45, 7) is 0. The van der Waals surface area contributed by atoms with Crippen molar-refractivity contribution >= 4 is 34.2 Å².